The maximum absolute atomic E-state index is 13.0. The van der Waals surface area contributed by atoms with E-state index in [-0.39, 0.29) is 16.5 Å². The number of benzene rings is 2. The molecule has 0 aliphatic heterocycles. The van der Waals surface area contributed by atoms with E-state index < -0.39 is 41.0 Å². The molecule has 1 aromatic heterocycles. The highest BCUT2D eigenvalue weighted by atomic mass is 19.4. The highest BCUT2D eigenvalue weighted by Crippen LogP contribution is 2.40. The second-order valence-electron chi connectivity index (χ2n) is 5.67. The van der Waals surface area contributed by atoms with Crippen LogP contribution in [-0.4, -0.2) is 17.3 Å². The van der Waals surface area contributed by atoms with Crippen molar-refractivity contribution in [3.63, 3.8) is 0 Å². The molecule has 146 valence electrons. The Balaban J connectivity index is 2.39. The SMILES string of the molecule is NC(=O)c1c(OC(F)(F)F)c(-c2cccc(C(F)(F)F)c2)nc2ccccc12. The molecule has 0 bridgehead atoms. The van der Waals surface area contributed by atoms with Gasteiger partial charge in [-0.1, -0.05) is 30.3 Å². The molecule has 10 heteroatoms. The zero-order chi connectivity index (χ0) is 20.7. The standard InChI is InChI=1S/C18H10F6N2O2/c19-17(20,21)10-5-3-4-9(8-10)14-15(28-18(22,23)24)13(16(25)27)11-6-1-2-7-12(11)26-14/h1-8H,(H2,25,27). The van der Waals surface area contributed by atoms with Crippen LogP contribution in [0.2, 0.25) is 0 Å². The first-order valence-corrected chi connectivity index (χ1v) is 7.63. The van der Waals surface area contributed by atoms with Crippen LogP contribution >= 0.6 is 0 Å². The van der Waals surface area contributed by atoms with Crippen LogP contribution in [-0.2, 0) is 6.18 Å². The summed E-state index contributed by atoms with van der Waals surface area (Å²) in [6.45, 7) is 0. The van der Waals surface area contributed by atoms with E-state index in [1.54, 1.807) is 0 Å². The van der Waals surface area contributed by atoms with Crippen LogP contribution in [0.1, 0.15) is 15.9 Å². The largest absolute Gasteiger partial charge is 0.573 e. The summed E-state index contributed by atoms with van der Waals surface area (Å²) in [7, 11) is 0. The molecule has 4 nitrogen and oxygen atoms in total. The first-order chi connectivity index (χ1) is 13.0. The van der Waals surface area contributed by atoms with Crippen LogP contribution in [0.15, 0.2) is 48.5 Å². The molecular weight excluding hydrogens is 390 g/mol. The number of nitrogens with two attached hydrogens (primary N) is 1. The Morgan fingerprint density at radius 1 is 0.964 bits per heavy atom. The number of nitrogens with zero attached hydrogens (tertiary/aromatic N) is 1. The Labute approximate surface area is 153 Å². The monoisotopic (exact) mass is 400 g/mol. The molecule has 0 aliphatic carbocycles. The lowest BCUT2D eigenvalue weighted by molar-refractivity contribution is -0.274. The molecule has 0 fully saturated rings. The number of pyridine rings is 1. The number of alkyl halides is 6. The number of amides is 1. The first kappa shape index (κ1) is 19.5. The van der Waals surface area contributed by atoms with Gasteiger partial charge in [0.25, 0.3) is 5.91 Å². The van der Waals surface area contributed by atoms with E-state index in [4.69, 9.17) is 5.73 Å². The van der Waals surface area contributed by atoms with E-state index in [0.29, 0.717) is 6.07 Å². The van der Waals surface area contributed by atoms with Gasteiger partial charge < -0.3 is 10.5 Å². The van der Waals surface area contributed by atoms with Crippen molar-refractivity contribution in [1.29, 1.82) is 0 Å². The third-order valence-electron chi connectivity index (χ3n) is 3.78. The normalized spacial score (nSPS) is 12.2. The molecule has 0 saturated carbocycles. The summed E-state index contributed by atoms with van der Waals surface area (Å²) in [4.78, 5) is 15.9. The Morgan fingerprint density at radius 3 is 2.25 bits per heavy atom. The van der Waals surface area contributed by atoms with Gasteiger partial charge in [0.2, 0.25) is 0 Å². The Kier molecular flexibility index (Phi) is 4.66. The zero-order valence-electron chi connectivity index (χ0n) is 13.7. The summed E-state index contributed by atoms with van der Waals surface area (Å²) >= 11 is 0. The topological polar surface area (TPSA) is 65.2 Å². The fraction of sp³-hybridized carbons (Fsp3) is 0.111. The minimum absolute atomic E-state index is 0.0232. The van der Waals surface area contributed by atoms with Gasteiger partial charge in [0.05, 0.1) is 16.6 Å². The van der Waals surface area contributed by atoms with Crippen LogP contribution in [0.5, 0.6) is 5.75 Å². The van der Waals surface area contributed by atoms with Gasteiger partial charge >= 0.3 is 12.5 Å². The van der Waals surface area contributed by atoms with E-state index in [9.17, 15) is 31.1 Å². The second-order valence-corrected chi connectivity index (χ2v) is 5.67. The molecule has 3 rings (SSSR count). The molecule has 2 aromatic carbocycles. The molecule has 0 spiro atoms. The number of hydrogen-bond donors (Lipinski definition) is 1. The van der Waals surface area contributed by atoms with Gasteiger partial charge in [-0.05, 0) is 18.2 Å². The number of carbonyl (C=O) groups excluding carboxylic acids is 1. The minimum atomic E-state index is -5.23. The third kappa shape index (κ3) is 3.85. The van der Waals surface area contributed by atoms with E-state index in [2.05, 4.69) is 9.72 Å². The van der Waals surface area contributed by atoms with E-state index in [1.165, 1.54) is 24.3 Å². The smallest absolute Gasteiger partial charge is 0.403 e. The predicted molar refractivity (Wildman–Crippen MR) is 87.4 cm³/mol. The van der Waals surface area contributed by atoms with Gasteiger partial charge in [-0.15, -0.1) is 13.2 Å². The molecule has 0 atom stereocenters. The van der Waals surface area contributed by atoms with Crippen LogP contribution < -0.4 is 10.5 Å². The number of ether oxygens (including phenoxy) is 1. The molecule has 1 amide bonds. The molecule has 0 radical (unpaired) electrons. The molecule has 28 heavy (non-hydrogen) atoms. The maximum atomic E-state index is 13.0. The minimum Gasteiger partial charge on any atom is -0.403 e. The van der Waals surface area contributed by atoms with Gasteiger partial charge in [0, 0.05) is 10.9 Å². The van der Waals surface area contributed by atoms with Crippen molar-refractivity contribution in [3.05, 3.63) is 59.7 Å². The van der Waals surface area contributed by atoms with Gasteiger partial charge in [-0.25, -0.2) is 4.98 Å². The number of carbonyl (C=O) groups is 1. The second kappa shape index (κ2) is 6.70. The zero-order valence-corrected chi connectivity index (χ0v) is 13.7. The summed E-state index contributed by atoms with van der Waals surface area (Å²) in [5, 5.41) is -0.0232. The van der Waals surface area contributed by atoms with Gasteiger partial charge in [-0.3, -0.25) is 4.79 Å². The summed E-state index contributed by atoms with van der Waals surface area (Å²) in [6, 6.07) is 9.14. The molecule has 0 saturated heterocycles. The van der Waals surface area contributed by atoms with Crippen molar-refractivity contribution in [2.45, 2.75) is 12.5 Å². The van der Waals surface area contributed by atoms with Crippen molar-refractivity contribution in [2.75, 3.05) is 0 Å². The van der Waals surface area contributed by atoms with Crippen molar-refractivity contribution in [3.8, 4) is 17.0 Å². The lowest BCUT2D eigenvalue weighted by Gasteiger charge is -2.18. The summed E-state index contributed by atoms with van der Waals surface area (Å²) in [6.07, 6.45) is -9.96. The van der Waals surface area contributed by atoms with Crippen LogP contribution in [0.3, 0.4) is 0 Å². The molecule has 0 unspecified atom stereocenters. The fourth-order valence-electron chi connectivity index (χ4n) is 2.69. The number of fused-ring (bicyclic) bond motifs is 1. The van der Waals surface area contributed by atoms with Crippen LogP contribution in [0.25, 0.3) is 22.2 Å². The van der Waals surface area contributed by atoms with Crippen molar-refractivity contribution in [1.82, 2.24) is 4.98 Å². The fourth-order valence-corrected chi connectivity index (χ4v) is 2.69. The average Bonchev–Trinajstić information content (AvgIpc) is 2.58. The number of para-hydroxylation sites is 1. The van der Waals surface area contributed by atoms with Crippen molar-refractivity contribution >= 4 is 16.8 Å². The van der Waals surface area contributed by atoms with Gasteiger partial charge in [0.1, 0.15) is 5.69 Å². The van der Waals surface area contributed by atoms with E-state index in [0.717, 1.165) is 18.2 Å². The Morgan fingerprint density at radius 2 is 1.64 bits per heavy atom. The summed E-state index contributed by atoms with van der Waals surface area (Å²) in [5.41, 5.74) is 2.69. The highest BCUT2D eigenvalue weighted by Gasteiger charge is 2.36. The van der Waals surface area contributed by atoms with Gasteiger partial charge in [0.15, 0.2) is 5.75 Å². The maximum Gasteiger partial charge on any atom is 0.573 e. The lowest BCUT2D eigenvalue weighted by Crippen LogP contribution is -2.22. The van der Waals surface area contributed by atoms with Crippen LogP contribution in [0.4, 0.5) is 26.3 Å². The van der Waals surface area contributed by atoms with Crippen molar-refractivity contribution < 1.29 is 35.9 Å². The summed E-state index contributed by atoms with van der Waals surface area (Å²) in [5.74, 6) is -2.30. The molecule has 1 heterocycles. The van der Waals surface area contributed by atoms with Crippen LogP contribution in [0, 0.1) is 0 Å². The number of hydrogen-bond acceptors (Lipinski definition) is 3. The summed E-state index contributed by atoms with van der Waals surface area (Å²) < 4.78 is 81.9. The molecule has 2 N–H and O–H groups in total. The van der Waals surface area contributed by atoms with E-state index >= 15 is 0 Å². The van der Waals surface area contributed by atoms with Gasteiger partial charge in [-0.2, -0.15) is 13.2 Å². The molecule has 0 aliphatic rings. The third-order valence-corrected chi connectivity index (χ3v) is 3.78. The molecular formula is C18H10F6N2O2. The lowest BCUT2D eigenvalue weighted by atomic mass is 10.0. The average molecular weight is 400 g/mol. The highest BCUT2D eigenvalue weighted by molar-refractivity contribution is 6.09. The number of rotatable bonds is 3. The predicted octanol–water partition coefficient (Wildman–Crippen LogP) is 4.92. The number of aromatic nitrogens is 1. The Bertz CT molecular complexity index is 1060. The number of primary amides is 1. The quantitative estimate of drug-likeness (QED) is 0.635. The first-order valence-electron chi connectivity index (χ1n) is 7.63. The van der Waals surface area contributed by atoms with E-state index in [1.807, 2.05) is 0 Å². The Hall–Kier alpha value is -3.30. The molecule has 3 aromatic rings. The van der Waals surface area contributed by atoms with Crippen molar-refractivity contribution in [2.24, 2.45) is 5.73 Å². The number of halogens is 6.